The summed E-state index contributed by atoms with van der Waals surface area (Å²) in [5, 5.41) is 4.21. The molecule has 0 unspecified atom stereocenters. The van der Waals surface area contributed by atoms with E-state index in [1.807, 2.05) is 6.92 Å². The molecule has 41 heavy (non-hydrogen) atoms. The molecule has 1 aliphatic rings. The fourth-order valence-electron chi connectivity index (χ4n) is 5.13. The van der Waals surface area contributed by atoms with Gasteiger partial charge in [-0.25, -0.2) is 8.42 Å². The number of nitrogens with one attached hydrogen (secondary N) is 1. The Kier molecular flexibility index (Phi) is 12.4. The molecule has 1 aliphatic carbocycles. The zero-order valence-corrected chi connectivity index (χ0v) is 26.8. The van der Waals surface area contributed by atoms with Crippen molar-refractivity contribution >= 4 is 62.3 Å². The summed E-state index contributed by atoms with van der Waals surface area (Å²) in [6.07, 6.45) is 6.84. The number of carbonyl (C=O) groups excluding carboxylic acids is 2. The molecule has 0 saturated heterocycles. The maximum atomic E-state index is 13.7. The highest BCUT2D eigenvalue weighted by Crippen LogP contribution is 2.31. The number of sulfonamides is 1. The summed E-state index contributed by atoms with van der Waals surface area (Å²) in [5.41, 5.74) is 0.919. The van der Waals surface area contributed by atoms with Crippen LogP contribution in [0.1, 0.15) is 63.9 Å². The molecule has 8 nitrogen and oxygen atoms in total. The minimum absolute atomic E-state index is 0.00515. The number of halogens is 3. The van der Waals surface area contributed by atoms with Gasteiger partial charge in [0.1, 0.15) is 11.8 Å². The molecule has 0 bridgehead atoms. The highest BCUT2D eigenvalue weighted by molar-refractivity contribution is 7.92. The van der Waals surface area contributed by atoms with Crippen LogP contribution in [0.25, 0.3) is 0 Å². The lowest BCUT2D eigenvalue weighted by molar-refractivity contribution is -0.141. The predicted molar refractivity (Wildman–Crippen MR) is 166 cm³/mol. The van der Waals surface area contributed by atoms with Crippen molar-refractivity contribution in [3.63, 3.8) is 0 Å². The van der Waals surface area contributed by atoms with Gasteiger partial charge in [0.25, 0.3) is 0 Å². The fourth-order valence-corrected chi connectivity index (χ4v) is 6.86. The molecule has 1 atom stereocenters. The van der Waals surface area contributed by atoms with Gasteiger partial charge in [0.2, 0.25) is 21.8 Å². The number of benzene rings is 2. The summed E-state index contributed by atoms with van der Waals surface area (Å²) < 4.78 is 31.6. The van der Waals surface area contributed by atoms with E-state index in [0.717, 1.165) is 38.4 Å². The summed E-state index contributed by atoms with van der Waals surface area (Å²) in [4.78, 5) is 28.7. The first-order valence-corrected chi connectivity index (χ1v) is 16.8. The van der Waals surface area contributed by atoms with Crippen molar-refractivity contribution in [2.75, 3.05) is 24.2 Å². The Labute approximate surface area is 258 Å². The van der Waals surface area contributed by atoms with Crippen molar-refractivity contribution in [3.8, 4) is 5.75 Å². The van der Waals surface area contributed by atoms with E-state index in [0.29, 0.717) is 33.5 Å². The first-order valence-electron chi connectivity index (χ1n) is 13.8. The Balaban J connectivity index is 1.81. The van der Waals surface area contributed by atoms with Crippen LogP contribution in [0.15, 0.2) is 36.4 Å². The Bertz CT molecular complexity index is 1300. The molecule has 0 heterocycles. The fraction of sp³-hybridized carbons (Fsp3) is 0.517. The SMILES string of the molecule is CC[C@H](C(=O)NC1CCCCC1)N(Cc1c(Cl)cccc1Cl)C(=O)CCCN(c1ccc(OC)c(Cl)c1)S(C)(=O)=O. The second-order valence-corrected chi connectivity index (χ2v) is 13.4. The lowest BCUT2D eigenvalue weighted by atomic mass is 9.95. The van der Waals surface area contributed by atoms with E-state index in [9.17, 15) is 18.0 Å². The highest BCUT2D eigenvalue weighted by Gasteiger charge is 2.31. The van der Waals surface area contributed by atoms with E-state index in [-0.39, 0.29) is 48.8 Å². The Morgan fingerprint density at radius 3 is 2.27 bits per heavy atom. The van der Waals surface area contributed by atoms with E-state index in [1.165, 1.54) is 22.4 Å². The lowest BCUT2D eigenvalue weighted by Crippen LogP contribution is -2.51. The van der Waals surface area contributed by atoms with Gasteiger partial charge >= 0.3 is 0 Å². The molecule has 1 fully saturated rings. The quantitative estimate of drug-likeness (QED) is 0.270. The van der Waals surface area contributed by atoms with Crippen molar-refractivity contribution in [3.05, 3.63) is 57.0 Å². The summed E-state index contributed by atoms with van der Waals surface area (Å²) >= 11 is 19.1. The van der Waals surface area contributed by atoms with E-state index >= 15 is 0 Å². The van der Waals surface area contributed by atoms with Crippen LogP contribution in [-0.4, -0.2) is 57.1 Å². The van der Waals surface area contributed by atoms with Crippen molar-refractivity contribution in [2.24, 2.45) is 0 Å². The van der Waals surface area contributed by atoms with Gasteiger partial charge in [0, 0.05) is 41.2 Å². The number of nitrogens with zero attached hydrogens (tertiary/aromatic N) is 2. The zero-order valence-electron chi connectivity index (χ0n) is 23.7. The van der Waals surface area contributed by atoms with Crippen molar-refractivity contribution in [2.45, 2.75) is 76.9 Å². The number of ether oxygens (including phenoxy) is 1. The predicted octanol–water partition coefficient (Wildman–Crippen LogP) is 6.46. The molecule has 1 N–H and O–H groups in total. The zero-order chi connectivity index (χ0) is 30.2. The Hall–Kier alpha value is -2.20. The Morgan fingerprint density at radius 2 is 1.71 bits per heavy atom. The number of hydrogen-bond acceptors (Lipinski definition) is 5. The number of amides is 2. The molecule has 226 valence electrons. The maximum absolute atomic E-state index is 13.7. The van der Waals surface area contributed by atoms with Crippen LogP contribution >= 0.6 is 34.8 Å². The van der Waals surface area contributed by atoms with E-state index < -0.39 is 16.1 Å². The largest absolute Gasteiger partial charge is 0.495 e. The number of methoxy groups -OCH3 is 1. The third-order valence-electron chi connectivity index (χ3n) is 7.30. The van der Waals surface area contributed by atoms with Crippen LogP contribution in [0.3, 0.4) is 0 Å². The highest BCUT2D eigenvalue weighted by atomic mass is 35.5. The van der Waals surface area contributed by atoms with Crippen LogP contribution in [-0.2, 0) is 26.2 Å². The van der Waals surface area contributed by atoms with Gasteiger partial charge in [0.15, 0.2) is 0 Å². The minimum atomic E-state index is -3.67. The molecule has 1 saturated carbocycles. The van der Waals surface area contributed by atoms with E-state index in [2.05, 4.69) is 5.32 Å². The summed E-state index contributed by atoms with van der Waals surface area (Å²) in [6, 6.07) is 9.16. The molecule has 2 amide bonds. The minimum Gasteiger partial charge on any atom is -0.495 e. The average molecular weight is 647 g/mol. The Morgan fingerprint density at radius 1 is 1.05 bits per heavy atom. The van der Waals surface area contributed by atoms with Crippen LogP contribution in [0.4, 0.5) is 5.69 Å². The van der Waals surface area contributed by atoms with Gasteiger partial charge in [-0.3, -0.25) is 13.9 Å². The molecule has 0 aliphatic heterocycles. The molecular formula is C29H38Cl3N3O5S. The van der Waals surface area contributed by atoms with Gasteiger partial charge in [-0.05, 0) is 56.0 Å². The normalized spacial score (nSPS) is 14.8. The summed E-state index contributed by atoms with van der Waals surface area (Å²) in [5.74, 6) is -0.0839. The third-order valence-corrected chi connectivity index (χ3v) is 9.50. The van der Waals surface area contributed by atoms with E-state index in [1.54, 1.807) is 30.3 Å². The monoisotopic (exact) mass is 645 g/mol. The average Bonchev–Trinajstić information content (AvgIpc) is 2.92. The van der Waals surface area contributed by atoms with Gasteiger partial charge in [0.05, 0.1) is 24.1 Å². The van der Waals surface area contributed by atoms with Gasteiger partial charge in [-0.2, -0.15) is 0 Å². The van der Waals surface area contributed by atoms with E-state index in [4.69, 9.17) is 39.5 Å². The van der Waals surface area contributed by atoms with Crippen LogP contribution in [0.2, 0.25) is 15.1 Å². The number of rotatable bonds is 13. The number of anilines is 1. The van der Waals surface area contributed by atoms with Gasteiger partial charge in [-0.1, -0.05) is 67.1 Å². The molecular weight excluding hydrogens is 609 g/mol. The lowest BCUT2D eigenvalue weighted by Gasteiger charge is -2.33. The van der Waals surface area contributed by atoms with Crippen molar-refractivity contribution in [1.82, 2.24) is 10.2 Å². The standard InChI is InChI=1S/C29H38Cl3N3O5S/c1-4-26(29(37)33-20-10-6-5-7-11-20)34(19-22-23(30)12-8-13-24(22)31)28(36)14-9-17-35(41(3,38)39)21-15-16-27(40-2)25(32)18-21/h8,12-13,15-16,18,20,26H,4-7,9-11,14,17,19H2,1-3H3,(H,33,37)/t26-/m1/s1. The van der Waals surface area contributed by atoms with Crippen LogP contribution in [0, 0.1) is 0 Å². The van der Waals surface area contributed by atoms with Crippen molar-refractivity contribution in [1.29, 1.82) is 0 Å². The van der Waals surface area contributed by atoms with Crippen LogP contribution < -0.4 is 14.4 Å². The molecule has 0 spiro atoms. The molecule has 0 aromatic heterocycles. The topological polar surface area (TPSA) is 96.0 Å². The number of hydrogen-bond donors (Lipinski definition) is 1. The maximum Gasteiger partial charge on any atom is 0.243 e. The second-order valence-electron chi connectivity index (χ2n) is 10.2. The summed E-state index contributed by atoms with van der Waals surface area (Å²) in [6.45, 7) is 1.95. The molecule has 12 heteroatoms. The third kappa shape index (κ3) is 9.14. The van der Waals surface area contributed by atoms with Crippen LogP contribution in [0.5, 0.6) is 5.75 Å². The second kappa shape index (κ2) is 15.3. The first kappa shape index (κ1) is 33.3. The molecule has 2 aromatic rings. The van der Waals surface area contributed by atoms with Crippen molar-refractivity contribution < 1.29 is 22.7 Å². The molecule has 3 rings (SSSR count). The summed E-state index contributed by atoms with van der Waals surface area (Å²) in [7, 11) is -2.20. The molecule has 0 radical (unpaired) electrons. The molecule has 2 aromatic carbocycles. The van der Waals surface area contributed by atoms with Gasteiger partial charge < -0.3 is 15.0 Å². The number of carbonyl (C=O) groups is 2. The first-order chi connectivity index (χ1) is 19.5. The van der Waals surface area contributed by atoms with Gasteiger partial charge in [-0.15, -0.1) is 0 Å². The smallest absolute Gasteiger partial charge is 0.243 e.